The monoisotopic (exact) mass is 444 g/mol. The van der Waals surface area contributed by atoms with E-state index in [1.54, 1.807) is 11.3 Å². The average Bonchev–Trinajstić information content (AvgIpc) is 3.41. The molecule has 0 spiro atoms. The third kappa shape index (κ3) is 4.15. The van der Waals surface area contributed by atoms with Gasteiger partial charge in [0.2, 0.25) is 5.91 Å². The van der Waals surface area contributed by atoms with Gasteiger partial charge in [-0.2, -0.15) is 0 Å². The Hall–Kier alpha value is -3.12. The highest BCUT2D eigenvalue weighted by Crippen LogP contribution is 2.25. The number of rotatable bonds is 5. The molecule has 5 rings (SSSR count). The van der Waals surface area contributed by atoms with Gasteiger partial charge in [0.25, 0.3) is 0 Å². The number of piperazine rings is 1. The van der Waals surface area contributed by atoms with Gasteiger partial charge in [0.1, 0.15) is 0 Å². The molecular weight excluding hydrogens is 416 g/mol. The lowest BCUT2D eigenvalue weighted by molar-refractivity contribution is -0.130. The minimum atomic E-state index is 0.191. The predicted molar refractivity (Wildman–Crippen MR) is 132 cm³/mol. The van der Waals surface area contributed by atoms with Gasteiger partial charge in [0, 0.05) is 54.7 Å². The summed E-state index contributed by atoms with van der Waals surface area (Å²) in [7, 11) is 0. The normalized spacial score (nSPS) is 14.3. The summed E-state index contributed by atoms with van der Waals surface area (Å²) in [6, 6.07) is 17.2. The predicted octanol–water partition coefficient (Wildman–Crippen LogP) is 4.82. The van der Waals surface area contributed by atoms with Crippen LogP contribution in [0.25, 0.3) is 16.2 Å². The second-order valence-electron chi connectivity index (χ2n) is 8.44. The number of imidazole rings is 1. The van der Waals surface area contributed by atoms with E-state index < -0.39 is 0 Å². The van der Waals surface area contributed by atoms with E-state index in [0.717, 1.165) is 54.5 Å². The van der Waals surface area contributed by atoms with Crippen LogP contribution in [0.15, 0.2) is 60.1 Å². The molecule has 6 heteroatoms. The van der Waals surface area contributed by atoms with Crippen LogP contribution >= 0.6 is 11.3 Å². The molecule has 164 valence electrons. The number of thiazole rings is 1. The van der Waals surface area contributed by atoms with Crippen LogP contribution in [0.2, 0.25) is 0 Å². The number of amides is 1. The number of hydrogen-bond donors (Lipinski definition) is 0. The molecule has 0 radical (unpaired) electrons. The Kier molecular flexibility index (Phi) is 5.70. The molecule has 5 nitrogen and oxygen atoms in total. The van der Waals surface area contributed by atoms with Crippen LogP contribution in [0.1, 0.15) is 23.7 Å². The number of nitrogens with zero attached hydrogens (tertiary/aromatic N) is 4. The van der Waals surface area contributed by atoms with Crippen molar-refractivity contribution in [3.63, 3.8) is 0 Å². The third-order valence-electron chi connectivity index (χ3n) is 6.27. The smallest absolute Gasteiger partial charge is 0.228 e. The van der Waals surface area contributed by atoms with Crippen molar-refractivity contribution in [1.82, 2.24) is 14.3 Å². The van der Waals surface area contributed by atoms with E-state index in [9.17, 15) is 4.79 Å². The molecule has 4 aromatic rings. The molecule has 2 aromatic heterocycles. The zero-order valence-corrected chi connectivity index (χ0v) is 19.4. The van der Waals surface area contributed by atoms with Gasteiger partial charge < -0.3 is 9.80 Å². The summed E-state index contributed by atoms with van der Waals surface area (Å²) in [4.78, 5) is 23.1. The van der Waals surface area contributed by atoms with Gasteiger partial charge in [-0.05, 0) is 36.6 Å². The van der Waals surface area contributed by atoms with Gasteiger partial charge >= 0.3 is 0 Å². The zero-order valence-electron chi connectivity index (χ0n) is 18.6. The first-order valence-electron chi connectivity index (χ1n) is 11.2. The van der Waals surface area contributed by atoms with Crippen molar-refractivity contribution in [2.24, 2.45) is 0 Å². The minimum absolute atomic E-state index is 0.191. The topological polar surface area (TPSA) is 40.9 Å². The third-order valence-corrected chi connectivity index (χ3v) is 7.16. The van der Waals surface area contributed by atoms with Gasteiger partial charge in [-0.3, -0.25) is 9.20 Å². The number of carbonyl (C=O) groups excluding carboxylic acids is 1. The Balaban J connectivity index is 1.25. The zero-order chi connectivity index (χ0) is 22.1. The molecule has 0 aliphatic carbocycles. The van der Waals surface area contributed by atoms with E-state index in [0.29, 0.717) is 6.42 Å². The van der Waals surface area contributed by atoms with Crippen LogP contribution in [0.3, 0.4) is 0 Å². The number of aryl methyl sites for hydroxylation is 2. The Bertz CT molecular complexity index is 1230. The quantitative estimate of drug-likeness (QED) is 0.443. The number of fused-ring (bicyclic) bond motifs is 1. The molecule has 1 fully saturated rings. The van der Waals surface area contributed by atoms with Crippen LogP contribution in [0.4, 0.5) is 5.69 Å². The van der Waals surface area contributed by atoms with Crippen molar-refractivity contribution in [3.8, 4) is 11.3 Å². The van der Waals surface area contributed by atoms with E-state index in [-0.39, 0.29) is 5.91 Å². The molecule has 2 aromatic carbocycles. The first-order chi connectivity index (χ1) is 15.6. The highest BCUT2D eigenvalue weighted by atomic mass is 32.1. The SMILES string of the molecule is CCc1ccc(-c2cn3c(CC(=O)N4CCN(c5cccc(C)c5)CC4)csc3n2)cc1. The highest BCUT2D eigenvalue weighted by Gasteiger charge is 2.22. The Morgan fingerprint density at radius 3 is 2.56 bits per heavy atom. The maximum Gasteiger partial charge on any atom is 0.228 e. The van der Waals surface area contributed by atoms with Gasteiger partial charge in [-0.1, -0.05) is 43.3 Å². The van der Waals surface area contributed by atoms with E-state index >= 15 is 0 Å². The molecule has 1 amide bonds. The first kappa shape index (κ1) is 20.8. The average molecular weight is 445 g/mol. The minimum Gasteiger partial charge on any atom is -0.368 e. The lowest BCUT2D eigenvalue weighted by Gasteiger charge is -2.36. The molecule has 0 unspecified atom stereocenters. The fourth-order valence-corrected chi connectivity index (χ4v) is 5.19. The van der Waals surface area contributed by atoms with Crippen molar-refractivity contribution >= 4 is 27.9 Å². The van der Waals surface area contributed by atoms with Gasteiger partial charge in [-0.25, -0.2) is 4.98 Å². The van der Waals surface area contributed by atoms with Gasteiger partial charge in [0.15, 0.2) is 4.96 Å². The summed E-state index contributed by atoms with van der Waals surface area (Å²) in [5, 5.41) is 2.06. The second-order valence-corrected chi connectivity index (χ2v) is 9.28. The second kappa shape index (κ2) is 8.79. The van der Waals surface area contributed by atoms with Crippen molar-refractivity contribution in [2.45, 2.75) is 26.7 Å². The fourth-order valence-electron chi connectivity index (χ4n) is 4.31. The van der Waals surface area contributed by atoms with Crippen LogP contribution < -0.4 is 4.90 Å². The summed E-state index contributed by atoms with van der Waals surface area (Å²) < 4.78 is 2.08. The molecule has 0 atom stereocenters. The van der Waals surface area contributed by atoms with Crippen molar-refractivity contribution in [2.75, 3.05) is 31.1 Å². The standard InChI is InChI=1S/C26H28N4OS/c1-3-20-7-9-21(10-8-20)24-17-30-23(18-32-26(30)27-24)16-25(31)29-13-11-28(12-14-29)22-6-4-5-19(2)15-22/h4-10,15,17-18H,3,11-14,16H2,1-2H3. The fraction of sp³-hybridized carbons (Fsp3) is 0.308. The number of carbonyl (C=O) groups is 1. The Labute approximate surface area is 192 Å². The number of hydrogen-bond acceptors (Lipinski definition) is 4. The highest BCUT2D eigenvalue weighted by molar-refractivity contribution is 7.15. The summed E-state index contributed by atoms with van der Waals surface area (Å²) in [6.45, 7) is 7.55. The largest absolute Gasteiger partial charge is 0.368 e. The molecule has 32 heavy (non-hydrogen) atoms. The lowest BCUT2D eigenvalue weighted by Crippen LogP contribution is -2.49. The Morgan fingerprint density at radius 1 is 1.06 bits per heavy atom. The van der Waals surface area contributed by atoms with Crippen molar-refractivity contribution < 1.29 is 4.79 Å². The Morgan fingerprint density at radius 2 is 1.84 bits per heavy atom. The van der Waals surface area contributed by atoms with Crippen LogP contribution in [0.5, 0.6) is 0 Å². The number of aromatic nitrogens is 2. The van der Waals surface area contributed by atoms with Crippen LogP contribution in [0, 0.1) is 6.92 Å². The molecular formula is C26H28N4OS. The molecule has 0 saturated carbocycles. The lowest BCUT2D eigenvalue weighted by atomic mass is 10.1. The van der Waals surface area contributed by atoms with Crippen LogP contribution in [-0.4, -0.2) is 46.4 Å². The van der Waals surface area contributed by atoms with Crippen molar-refractivity contribution in [1.29, 1.82) is 0 Å². The van der Waals surface area contributed by atoms with Gasteiger partial charge in [0.05, 0.1) is 12.1 Å². The van der Waals surface area contributed by atoms with E-state index in [2.05, 4.69) is 83.3 Å². The summed E-state index contributed by atoms with van der Waals surface area (Å²) in [6.07, 6.45) is 3.50. The summed E-state index contributed by atoms with van der Waals surface area (Å²) in [5.41, 5.74) is 6.92. The van der Waals surface area contributed by atoms with Crippen molar-refractivity contribution in [3.05, 3.63) is 76.9 Å². The molecule has 1 saturated heterocycles. The van der Waals surface area contributed by atoms with E-state index in [4.69, 9.17) is 4.98 Å². The molecule has 3 heterocycles. The van der Waals surface area contributed by atoms with E-state index in [1.165, 1.54) is 16.8 Å². The number of anilines is 1. The molecule has 0 N–H and O–H groups in total. The molecule has 0 bridgehead atoms. The first-order valence-corrected chi connectivity index (χ1v) is 12.1. The number of benzene rings is 2. The van der Waals surface area contributed by atoms with Crippen LogP contribution in [-0.2, 0) is 17.6 Å². The van der Waals surface area contributed by atoms with Gasteiger partial charge in [-0.15, -0.1) is 11.3 Å². The molecule has 1 aliphatic rings. The summed E-state index contributed by atoms with van der Waals surface area (Å²) >= 11 is 1.60. The summed E-state index contributed by atoms with van der Waals surface area (Å²) in [5.74, 6) is 0.191. The maximum atomic E-state index is 13.0. The molecule has 1 aliphatic heterocycles. The maximum absolute atomic E-state index is 13.0. The van der Waals surface area contributed by atoms with E-state index in [1.807, 2.05) is 4.90 Å².